The van der Waals surface area contributed by atoms with Crippen LogP contribution in [0, 0.1) is 0 Å². The van der Waals surface area contributed by atoms with E-state index in [1.807, 2.05) is 0 Å². The number of hydrogen-bond donors (Lipinski definition) is 2. The van der Waals surface area contributed by atoms with Crippen molar-refractivity contribution in [1.82, 2.24) is 10.3 Å². The fourth-order valence-electron chi connectivity index (χ4n) is 1.86. The van der Waals surface area contributed by atoms with Gasteiger partial charge >= 0.3 is 0 Å². The predicted molar refractivity (Wildman–Crippen MR) is 70.1 cm³/mol. The van der Waals surface area contributed by atoms with Crippen LogP contribution < -0.4 is 10.6 Å². The van der Waals surface area contributed by atoms with Crippen molar-refractivity contribution in [2.45, 2.75) is 18.9 Å². The SMILES string of the molecule is CNc1ncc(C(=O)NC2CCOCC2)cc1Cl. The first kappa shape index (κ1) is 13.1. The Labute approximate surface area is 111 Å². The van der Waals surface area contributed by atoms with Crippen molar-refractivity contribution in [2.24, 2.45) is 0 Å². The molecule has 1 saturated heterocycles. The zero-order valence-corrected chi connectivity index (χ0v) is 11.0. The number of amides is 1. The molecule has 0 atom stereocenters. The lowest BCUT2D eigenvalue weighted by Crippen LogP contribution is -2.38. The Balaban J connectivity index is 2.01. The maximum Gasteiger partial charge on any atom is 0.253 e. The molecule has 1 aliphatic rings. The van der Waals surface area contributed by atoms with Gasteiger partial charge in [-0.2, -0.15) is 0 Å². The zero-order chi connectivity index (χ0) is 13.0. The first-order valence-corrected chi connectivity index (χ1v) is 6.30. The number of anilines is 1. The summed E-state index contributed by atoms with van der Waals surface area (Å²) < 4.78 is 5.24. The van der Waals surface area contributed by atoms with Gasteiger partial charge < -0.3 is 15.4 Å². The third-order valence-electron chi connectivity index (χ3n) is 2.90. The summed E-state index contributed by atoms with van der Waals surface area (Å²) in [6, 6.07) is 1.80. The Morgan fingerprint density at radius 2 is 2.22 bits per heavy atom. The average Bonchev–Trinajstić information content (AvgIpc) is 2.39. The van der Waals surface area contributed by atoms with Gasteiger partial charge in [-0.1, -0.05) is 11.6 Å². The third kappa shape index (κ3) is 3.11. The van der Waals surface area contributed by atoms with Gasteiger partial charge in [-0.3, -0.25) is 4.79 Å². The normalized spacial score (nSPS) is 16.3. The first-order valence-electron chi connectivity index (χ1n) is 5.92. The van der Waals surface area contributed by atoms with Gasteiger partial charge in [0.2, 0.25) is 0 Å². The molecule has 0 saturated carbocycles. The monoisotopic (exact) mass is 269 g/mol. The van der Waals surface area contributed by atoms with Gasteiger partial charge in [0.1, 0.15) is 5.82 Å². The number of nitrogens with zero attached hydrogens (tertiary/aromatic N) is 1. The minimum atomic E-state index is -0.140. The molecular weight excluding hydrogens is 254 g/mol. The second kappa shape index (κ2) is 6.02. The van der Waals surface area contributed by atoms with Crippen LogP contribution in [-0.2, 0) is 4.74 Å². The fraction of sp³-hybridized carbons (Fsp3) is 0.500. The number of carbonyl (C=O) groups excluding carboxylic acids is 1. The summed E-state index contributed by atoms with van der Waals surface area (Å²) in [6.07, 6.45) is 3.22. The maximum absolute atomic E-state index is 12.0. The lowest BCUT2D eigenvalue weighted by molar-refractivity contribution is 0.0696. The molecule has 0 unspecified atom stereocenters. The number of rotatable bonds is 3. The third-order valence-corrected chi connectivity index (χ3v) is 3.18. The molecule has 1 aliphatic heterocycles. The molecule has 5 nitrogen and oxygen atoms in total. The first-order chi connectivity index (χ1) is 8.70. The number of pyridine rings is 1. The van der Waals surface area contributed by atoms with Crippen LogP contribution in [0.25, 0.3) is 0 Å². The van der Waals surface area contributed by atoms with Crippen molar-refractivity contribution < 1.29 is 9.53 Å². The van der Waals surface area contributed by atoms with Crippen molar-refractivity contribution >= 4 is 23.3 Å². The van der Waals surface area contributed by atoms with E-state index in [0.717, 1.165) is 12.8 Å². The Morgan fingerprint density at radius 1 is 1.50 bits per heavy atom. The van der Waals surface area contributed by atoms with E-state index in [4.69, 9.17) is 16.3 Å². The Hall–Kier alpha value is -1.33. The van der Waals surface area contributed by atoms with Gasteiger partial charge in [-0.25, -0.2) is 4.98 Å². The van der Waals surface area contributed by atoms with E-state index in [1.54, 1.807) is 13.1 Å². The average molecular weight is 270 g/mol. The standard InChI is InChI=1S/C12H16ClN3O2/c1-14-11-10(13)6-8(7-15-11)12(17)16-9-2-4-18-5-3-9/h6-7,9H,2-5H2,1H3,(H,14,15)(H,16,17). The van der Waals surface area contributed by atoms with Crippen LogP contribution in [0.5, 0.6) is 0 Å². The van der Waals surface area contributed by atoms with Gasteiger partial charge in [-0.15, -0.1) is 0 Å². The van der Waals surface area contributed by atoms with Crippen molar-refractivity contribution in [1.29, 1.82) is 0 Å². The highest BCUT2D eigenvalue weighted by molar-refractivity contribution is 6.33. The maximum atomic E-state index is 12.0. The topological polar surface area (TPSA) is 63.2 Å². The predicted octanol–water partition coefficient (Wildman–Crippen LogP) is 1.69. The second-order valence-electron chi connectivity index (χ2n) is 4.16. The second-order valence-corrected chi connectivity index (χ2v) is 4.57. The summed E-state index contributed by atoms with van der Waals surface area (Å²) in [7, 11) is 1.73. The molecule has 98 valence electrons. The molecule has 0 radical (unpaired) electrons. The van der Waals surface area contributed by atoms with Crippen LogP contribution in [0.4, 0.5) is 5.82 Å². The van der Waals surface area contributed by atoms with Gasteiger partial charge in [0.25, 0.3) is 5.91 Å². The molecule has 18 heavy (non-hydrogen) atoms. The van der Waals surface area contributed by atoms with Crippen molar-refractivity contribution in [3.05, 3.63) is 22.8 Å². The smallest absolute Gasteiger partial charge is 0.253 e. The minimum absolute atomic E-state index is 0.140. The van der Waals surface area contributed by atoms with Crippen LogP contribution >= 0.6 is 11.6 Å². The van der Waals surface area contributed by atoms with Crippen LogP contribution in [-0.4, -0.2) is 37.2 Å². The van der Waals surface area contributed by atoms with Gasteiger partial charge in [0.05, 0.1) is 10.6 Å². The number of carbonyl (C=O) groups is 1. The molecule has 1 fully saturated rings. The van der Waals surface area contributed by atoms with Crippen molar-refractivity contribution in [2.75, 3.05) is 25.6 Å². The molecule has 1 aromatic heterocycles. The molecule has 0 bridgehead atoms. The number of aromatic nitrogens is 1. The number of halogens is 1. The lowest BCUT2D eigenvalue weighted by Gasteiger charge is -2.23. The van der Waals surface area contributed by atoms with E-state index >= 15 is 0 Å². The van der Waals surface area contributed by atoms with Crippen LogP contribution in [0.15, 0.2) is 12.3 Å². The molecule has 1 amide bonds. The van der Waals surface area contributed by atoms with Crippen LogP contribution in [0.3, 0.4) is 0 Å². The molecule has 2 heterocycles. The summed E-state index contributed by atoms with van der Waals surface area (Å²) in [4.78, 5) is 16.1. The summed E-state index contributed by atoms with van der Waals surface area (Å²) in [6.45, 7) is 1.39. The van der Waals surface area contributed by atoms with Gasteiger partial charge in [0.15, 0.2) is 0 Å². The number of nitrogens with one attached hydrogen (secondary N) is 2. The highest BCUT2D eigenvalue weighted by Crippen LogP contribution is 2.19. The summed E-state index contributed by atoms with van der Waals surface area (Å²) in [5.74, 6) is 0.429. The molecule has 1 aromatic rings. The van der Waals surface area contributed by atoms with E-state index in [2.05, 4.69) is 15.6 Å². The van der Waals surface area contributed by atoms with E-state index in [-0.39, 0.29) is 11.9 Å². The largest absolute Gasteiger partial charge is 0.381 e. The molecule has 0 aliphatic carbocycles. The number of hydrogen-bond acceptors (Lipinski definition) is 4. The fourth-order valence-corrected chi connectivity index (χ4v) is 2.12. The molecule has 6 heteroatoms. The molecule has 2 rings (SSSR count). The van der Waals surface area contributed by atoms with E-state index in [9.17, 15) is 4.79 Å². The van der Waals surface area contributed by atoms with Gasteiger partial charge in [0, 0.05) is 32.5 Å². The summed E-state index contributed by atoms with van der Waals surface area (Å²) in [5.41, 5.74) is 0.477. The van der Waals surface area contributed by atoms with Crippen molar-refractivity contribution in [3.63, 3.8) is 0 Å². The lowest BCUT2D eigenvalue weighted by atomic mass is 10.1. The Bertz CT molecular complexity index is 433. The molecule has 0 spiro atoms. The summed E-state index contributed by atoms with van der Waals surface area (Å²) >= 11 is 5.99. The van der Waals surface area contributed by atoms with E-state index in [1.165, 1.54) is 6.20 Å². The van der Waals surface area contributed by atoms with Gasteiger partial charge in [-0.05, 0) is 18.9 Å². The Morgan fingerprint density at radius 3 is 2.83 bits per heavy atom. The quantitative estimate of drug-likeness (QED) is 0.876. The minimum Gasteiger partial charge on any atom is -0.381 e. The Kier molecular flexibility index (Phi) is 4.38. The summed E-state index contributed by atoms with van der Waals surface area (Å²) in [5, 5.41) is 6.26. The molecule has 2 N–H and O–H groups in total. The van der Waals surface area contributed by atoms with Crippen LogP contribution in [0.2, 0.25) is 5.02 Å². The van der Waals surface area contributed by atoms with E-state index in [0.29, 0.717) is 29.6 Å². The highest BCUT2D eigenvalue weighted by Gasteiger charge is 2.17. The van der Waals surface area contributed by atoms with Crippen LogP contribution in [0.1, 0.15) is 23.2 Å². The highest BCUT2D eigenvalue weighted by atomic mass is 35.5. The molecule has 0 aromatic carbocycles. The molecular formula is C12H16ClN3O2. The zero-order valence-electron chi connectivity index (χ0n) is 10.2. The van der Waals surface area contributed by atoms with E-state index < -0.39 is 0 Å². The number of ether oxygens (including phenoxy) is 1. The van der Waals surface area contributed by atoms with Crippen molar-refractivity contribution in [3.8, 4) is 0 Å².